The average molecular weight is 349 g/mol. The number of aryl methyl sites for hydroxylation is 1. The predicted octanol–water partition coefficient (Wildman–Crippen LogP) is 2.13. The molecule has 6 nitrogen and oxygen atoms in total. The molecule has 0 spiro atoms. The minimum absolute atomic E-state index is 0.0463. The van der Waals surface area contributed by atoms with Crippen LogP contribution in [0.3, 0.4) is 0 Å². The van der Waals surface area contributed by atoms with Crippen molar-refractivity contribution in [2.24, 2.45) is 5.41 Å². The van der Waals surface area contributed by atoms with Gasteiger partial charge in [-0.1, -0.05) is 19.3 Å². The number of aromatic nitrogens is 2. The van der Waals surface area contributed by atoms with E-state index in [0.717, 1.165) is 30.6 Å². The molecule has 1 saturated carbocycles. The van der Waals surface area contributed by atoms with Crippen LogP contribution in [0.5, 0.6) is 0 Å². The van der Waals surface area contributed by atoms with E-state index < -0.39 is 0 Å². The van der Waals surface area contributed by atoms with E-state index in [1.807, 2.05) is 6.92 Å². The van der Waals surface area contributed by atoms with Gasteiger partial charge in [0.2, 0.25) is 0 Å². The van der Waals surface area contributed by atoms with E-state index >= 15 is 0 Å². The summed E-state index contributed by atoms with van der Waals surface area (Å²) in [6.07, 6.45) is 9.24. The van der Waals surface area contributed by atoms with Crippen molar-refractivity contribution in [2.75, 3.05) is 13.2 Å². The highest BCUT2D eigenvalue weighted by Gasteiger charge is 2.32. The zero-order valence-corrected chi connectivity index (χ0v) is 14.7. The summed E-state index contributed by atoms with van der Waals surface area (Å²) in [5.74, 6) is -0.381. The molecule has 24 heavy (non-hydrogen) atoms. The molecule has 130 valence electrons. The summed E-state index contributed by atoms with van der Waals surface area (Å²) < 4.78 is 1.43. The molecule has 2 N–H and O–H groups in total. The Labute approximate surface area is 144 Å². The summed E-state index contributed by atoms with van der Waals surface area (Å²) in [6.45, 7) is 2.53. The van der Waals surface area contributed by atoms with Crippen molar-refractivity contribution in [3.05, 3.63) is 33.2 Å². The average Bonchev–Trinajstić information content (AvgIpc) is 2.96. The first-order valence-corrected chi connectivity index (χ1v) is 9.23. The number of hydrogen-bond donors (Lipinski definition) is 2. The van der Waals surface area contributed by atoms with Crippen molar-refractivity contribution in [3.63, 3.8) is 0 Å². The number of carbonyl (C=O) groups excluding carboxylic acids is 1. The summed E-state index contributed by atoms with van der Waals surface area (Å²) >= 11 is 1.42. The number of thiazole rings is 1. The van der Waals surface area contributed by atoms with E-state index in [1.54, 1.807) is 6.20 Å². The normalized spacial score (nSPS) is 17.1. The van der Waals surface area contributed by atoms with Crippen molar-refractivity contribution in [1.29, 1.82) is 0 Å². The van der Waals surface area contributed by atoms with Crippen LogP contribution in [0.4, 0.5) is 0 Å². The van der Waals surface area contributed by atoms with Crippen LogP contribution in [0, 0.1) is 12.3 Å². The van der Waals surface area contributed by atoms with E-state index in [4.69, 9.17) is 0 Å². The van der Waals surface area contributed by atoms with Crippen LogP contribution >= 0.6 is 11.3 Å². The Morgan fingerprint density at radius 2 is 2.17 bits per heavy atom. The lowest BCUT2D eigenvalue weighted by atomic mass is 9.72. The fourth-order valence-corrected chi connectivity index (χ4v) is 4.35. The number of aliphatic hydroxyl groups is 1. The number of fused-ring (bicyclic) bond motifs is 1. The SMILES string of the molecule is Cc1cn2c(=O)c(C(=O)NCC3(CCO)CCCCC3)cnc2s1. The fraction of sp³-hybridized carbons (Fsp3) is 0.588. The second-order valence-corrected chi connectivity index (χ2v) is 7.90. The number of aliphatic hydroxyl groups excluding tert-OH is 1. The van der Waals surface area contributed by atoms with Gasteiger partial charge in [0.05, 0.1) is 0 Å². The monoisotopic (exact) mass is 349 g/mol. The van der Waals surface area contributed by atoms with Crippen LogP contribution < -0.4 is 10.9 Å². The van der Waals surface area contributed by atoms with Crippen molar-refractivity contribution in [2.45, 2.75) is 45.4 Å². The summed E-state index contributed by atoms with van der Waals surface area (Å²) in [6, 6.07) is 0. The Kier molecular flexibility index (Phi) is 5.01. The van der Waals surface area contributed by atoms with Crippen molar-refractivity contribution in [1.82, 2.24) is 14.7 Å². The lowest BCUT2D eigenvalue weighted by Crippen LogP contribution is -2.41. The zero-order chi connectivity index (χ0) is 17.2. The highest BCUT2D eigenvalue weighted by Crippen LogP contribution is 2.38. The van der Waals surface area contributed by atoms with Crippen LogP contribution in [0.2, 0.25) is 0 Å². The maximum atomic E-state index is 12.5. The predicted molar refractivity (Wildman–Crippen MR) is 93.6 cm³/mol. The third-order valence-corrected chi connectivity index (χ3v) is 5.86. The maximum Gasteiger partial charge on any atom is 0.271 e. The third-order valence-electron chi connectivity index (χ3n) is 4.95. The Morgan fingerprint density at radius 1 is 1.42 bits per heavy atom. The molecule has 0 saturated heterocycles. The first kappa shape index (κ1) is 17.1. The molecule has 0 aliphatic heterocycles. The summed E-state index contributed by atoms with van der Waals surface area (Å²) in [5, 5.41) is 12.3. The largest absolute Gasteiger partial charge is 0.396 e. The van der Waals surface area contributed by atoms with E-state index in [-0.39, 0.29) is 29.1 Å². The molecular formula is C17H23N3O3S. The number of amides is 1. The molecule has 1 aliphatic carbocycles. The van der Waals surface area contributed by atoms with E-state index in [9.17, 15) is 14.7 Å². The highest BCUT2D eigenvalue weighted by atomic mass is 32.1. The molecular weight excluding hydrogens is 326 g/mol. The van der Waals surface area contributed by atoms with Gasteiger partial charge in [-0.15, -0.1) is 11.3 Å². The molecule has 0 atom stereocenters. The van der Waals surface area contributed by atoms with Gasteiger partial charge in [0.25, 0.3) is 11.5 Å². The molecule has 2 aromatic heterocycles. The van der Waals surface area contributed by atoms with E-state index in [1.165, 1.54) is 28.4 Å². The second kappa shape index (κ2) is 7.03. The third kappa shape index (κ3) is 3.37. The van der Waals surface area contributed by atoms with Gasteiger partial charge in [0, 0.05) is 30.4 Å². The van der Waals surface area contributed by atoms with Crippen molar-refractivity contribution in [3.8, 4) is 0 Å². The van der Waals surface area contributed by atoms with Crippen LogP contribution in [0.25, 0.3) is 4.96 Å². The van der Waals surface area contributed by atoms with Gasteiger partial charge in [-0.25, -0.2) is 4.98 Å². The standard InChI is InChI=1S/C17H23N3O3S/c1-12-10-20-15(23)13(9-18-16(20)24-12)14(22)19-11-17(7-8-21)5-3-2-4-6-17/h9-10,21H,2-8,11H2,1H3,(H,19,22). The highest BCUT2D eigenvalue weighted by molar-refractivity contribution is 7.16. The van der Waals surface area contributed by atoms with Gasteiger partial charge in [-0.3, -0.25) is 14.0 Å². The second-order valence-electron chi connectivity index (χ2n) is 6.69. The Morgan fingerprint density at radius 3 is 2.88 bits per heavy atom. The first-order valence-electron chi connectivity index (χ1n) is 8.42. The van der Waals surface area contributed by atoms with Crippen molar-refractivity contribution >= 4 is 22.2 Å². The van der Waals surface area contributed by atoms with E-state index in [2.05, 4.69) is 10.3 Å². The Bertz CT molecular complexity index is 784. The summed E-state index contributed by atoms with van der Waals surface area (Å²) in [4.78, 5) is 30.7. The molecule has 7 heteroatoms. The van der Waals surface area contributed by atoms with Crippen LogP contribution in [0.1, 0.15) is 53.8 Å². The fourth-order valence-electron chi connectivity index (χ4n) is 3.57. The lowest BCUT2D eigenvalue weighted by molar-refractivity contribution is 0.0867. The summed E-state index contributed by atoms with van der Waals surface area (Å²) in [7, 11) is 0. The van der Waals surface area contributed by atoms with Crippen LogP contribution in [-0.2, 0) is 0 Å². The van der Waals surface area contributed by atoms with Crippen molar-refractivity contribution < 1.29 is 9.90 Å². The molecule has 2 aromatic rings. The van der Waals surface area contributed by atoms with Gasteiger partial charge in [0.1, 0.15) is 5.56 Å². The maximum absolute atomic E-state index is 12.5. The number of carbonyl (C=O) groups is 1. The molecule has 0 aromatic carbocycles. The molecule has 1 fully saturated rings. The Hall–Kier alpha value is -1.73. The first-order chi connectivity index (χ1) is 11.5. The number of nitrogens with zero attached hydrogens (tertiary/aromatic N) is 2. The molecule has 0 bridgehead atoms. The molecule has 0 unspecified atom stereocenters. The molecule has 3 rings (SSSR count). The summed E-state index contributed by atoms with van der Waals surface area (Å²) in [5.41, 5.74) is -0.308. The number of rotatable bonds is 5. The molecule has 2 heterocycles. The number of nitrogens with one attached hydrogen (secondary N) is 1. The van der Waals surface area contributed by atoms with Gasteiger partial charge < -0.3 is 10.4 Å². The minimum atomic E-state index is -0.381. The number of hydrogen-bond acceptors (Lipinski definition) is 5. The Balaban J connectivity index is 1.77. The van der Waals surface area contributed by atoms with Gasteiger partial charge in [-0.05, 0) is 31.6 Å². The minimum Gasteiger partial charge on any atom is -0.396 e. The van der Waals surface area contributed by atoms with Gasteiger partial charge in [0.15, 0.2) is 4.96 Å². The smallest absolute Gasteiger partial charge is 0.271 e. The van der Waals surface area contributed by atoms with Crippen LogP contribution in [-0.4, -0.2) is 33.6 Å². The van der Waals surface area contributed by atoms with E-state index in [0.29, 0.717) is 17.9 Å². The molecule has 0 radical (unpaired) electrons. The van der Waals surface area contributed by atoms with Gasteiger partial charge in [-0.2, -0.15) is 0 Å². The lowest BCUT2D eigenvalue weighted by Gasteiger charge is -2.37. The zero-order valence-electron chi connectivity index (χ0n) is 13.9. The molecule has 1 aliphatic rings. The van der Waals surface area contributed by atoms with Crippen LogP contribution in [0.15, 0.2) is 17.2 Å². The van der Waals surface area contributed by atoms with Gasteiger partial charge >= 0.3 is 0 Å². The quantitative estimate of drug-likeness (QED) is 0.866. The topological polar surface area (TPSA) is 83.7 Å². The molecule has 1 amide bonds.